The second-order valence-corrected chi connectivity index (χ2v) is 4.77. The van der Waals surface area contributed by atoms with Crippen molar-refractivity contribution in [3.8, 4) is 5.75 Å². The van der Waals surface area contributed by atoms with Crippen molar-refractivity contribution in [2.24, 2.45) is 0 Å². The summed E-state index contributed by atoms with van der Waals surface area (Å²) in [4.78, 5) is 20.3. The molecule has 0 fully saturated rings. The molecule has 1 atom stereocenters. The van der Waals surface area contributed by atoms with Gasteiger partial charge in [-0.25, -0.2) is 9.97 Å². The van der Waals surface area contributed by atoms with Gasteiger partial charge in [0.25, 0.3) is 0 Å². The number of nitrogens with zero attached hydrogens (tertiary/aromatic N) is 2. The molecule has 102 valence electrons. The fourth-order valence-electron chi connectivity index (χ4n) is 2.22. The highest BCUT2D eigenvalue weighted by molar-refractivity contribution is 6.32. The van der Waals surface area contributed by atoms with E-state index in [0.717, 1.165) is 11.3 Å². The Labute approximate surface area is 121 Å². The van der Waals surface area contributed by atoms with E-state index in [1.807, 2.05) is 24.3 Å². The molecule has 5 nitrogen and oxygen atoms in total. The van der Waals surface area contributed by atoms with Crippen LogP contribution in [0, 0.1) is 0 Å². The number of ether oxygens (including phenoxy) is 1. The summed E-state index contributed by atoms with van der Waals surface area (Å²) in [7, 11) is 0. The normalized spacial score (nSPS) is 16.9. The topological polar surface area (TPSA) is 64.1 Å². The van der Waals surface area contributed by atoms with E-state index in [9.17, 15) is 4.79 Å². The van der Waals surface area contributed by atoms with Gasteiger partial charge in [-0.1, -0.05) is 29.8 Å². The van der Waals surface area contributed by atoms with Gasteiger partial charge in [0.1, 0.15) is 5.75 Å². The second-order valence-electron chi connectivity index (χ2n) is 4.41. The fourth-order valence-corrected chi connectivity index (χ4v) is 2.38. The molecule has 0 saturated carbocycles. The SMILES string of the molecule is O=C(Nc1nccnc1Cl)C1CCOc2ccccc21. The molecule has 0 saturated heterocycles. The number of hydrogen-bond donors (Lipinski definition) is 1. The number of hydrogen-bond acceptors (Lipinski definition) is 4. The molecule has 1 aliphatic heterocycles. The Balaban J connectivity index is 1.84. The van der Waals surface area contributed by atoms with Crippen molar-refractivity contribution in [1.82, 2.24) is 9.97 Å². The lowest BCUT2D eigenvalue weighted by Crippen LogP contribution is -2.27. The smallest absolute Gasteiger partial charge is 0.233 e. The molecule has 20 heavy (non-hydrogen) atoms. The lowest BCUT2D eigenvalue weighted by atomic mass is 9.92. The number of halogens is 1. The van der Waals surface area contributed by atoms with Crippen molar-refractivity contribution in [2.45, 2.75) is 12.3 Å². The summed E-state index contributed by atoms with van der Waals surface area (Å²) < 4.78 is 5.54. The predicted octanol–water partition coefficient (Wildman–Crippen LogP) is 2.63. The standard InChI is InChI=1S/C14H12ClN3O2/c15-12-13(17-7-6-16-12)18-14(19)10-5-8-20-11-4-2-1-3-9(10)11/h1-4,6-7,10H,5,8H2,(H,17,18,19). The molecule has 0 radical (unpaired) electrons. The van der Waals surface area contributed by atoms with Crippen molar-refractivity contribution >= 4 is 23.3 Å². The van der Waals surface area contributed by atoms with Crippen LogP contribution in [-0.2, 0) is 4.79 Å². The van der Waals surface area contributed by atoms with Gasteiger partial charge in [-0.05, 0) is 12.5 Å². The highest BCUT2D eigenvalue weighted by atomic mass is 35.5. The first kappa shape index (κ1) is 12.9. The third-order valence-corrected chi connectivity index (χ3v) is 3.45. The van der Waals surface area contributed by atoms with E-state index >= 15 is 0 Å². The molecular weight excluding hydrogens is 278 g/mol. The van der Waals surface area contributed by atoms with Crippen molar-refractivity contribution < 1.29 is 9.53 Å². The van der Waals surface area contributed by atoms with Gasteiger partial charge in [0.2, 0.25) is 5.91 Å². The van der Waals surface area contributed by atoms with E-state index in [-0.39, 0.29) is 22.8 Å². The average Bonchev–Trinajstić information content (AvgIpc) is 2.49. The summed E-state index contributed by atoms with van der Waals surface area (Å²) in [5, 5.41) is 2.90. The largest absolute Gasteiger partial charge is 0.493 e. The number of para-hydroxylation sites is 1. The highest BCUT2D eigenvalue weighted by Crippen LogP contribution is 2.34. The molecule has 1 amide bonds. The van der Waals surface area contributed by atoms with Gasteiger partial charge < -0.3 is 10.1 Å². The van der Waals surface area contributed by atoms with Crippen LogP contribution in [0.4, 0.5) is 5.82 Å². The zero-order chi connectivity index (χ0) is 13.9. The van der Waals surface area contributed by atoms with E-state index in [2.05, 4.69) is 15.3 Å². The average molecular weight is 290 g/mol. The van der Waals surface area contributed by atoms with Crippen LogP contribution in [0.25, 0.3) is 0 Å². The summed E-state index contributed by atoms with van der Waals surface area (Å²) in [6.45, 7) is 0.517. The number of fused-ring (bicyclic) bond motifs is 1. The van der Waals surface area contributed by atoms with Crippen LogP contribution in [0.15, 0.2) is 36.7 Å². The second kappa shape index (κ2) is 5.46. The van der Waals surface area contributed by atoms with E-state index < -0.39 is 0 Å². The Bertz CT molecular complexity index is 648. The summed E-state index contributed by atoms with van der Waals surface area (Å²) in [5.41, 5.74) is 0.885. The van der Waals surface area contributed by atoms with Crippen LogP contribution >= 0.6 is 11.6 Å². The number of carbonyl (C=O) groups is 1. The molecule has 1 aromatic carbocycles. The number of benzene rings is 1. The molecular formula is C14H12ClN3O2. The number of nitrogens with one attached hydrogen (secondary N) is 1. The molecule has 0 spiro atoms. The third-order valence-electron chi connectivity index (χ3n) is 3.17. The molecule has 0 aliphatic carbocycles. The Morgan fingerprint density at radius 3 is 2.95 bits per heavy atom. The minimum atomic E-state index is -0.266. The zero-order valence-electron chi connectivity index (χ0n) is 10.5. The van der Waals surface area contributed by atoms with Crippen LogP contribution < -0.4 is 10.1 Å². The molecule has 1 N–H and O–H groups in total. The first-order chi connectivity index (χ1) is 9.75. The van der Waals surface area contributed by atoms with E-state index in [1.54, 1.807) is 0 Å². The monoisotopic (exact) mass is 289 g/mol. The van der Waals surface area contributed by atoms with Crippen molar-refractivity contribution in [1.29, 1.82) is 0 Å². The molecule has 0 bridgehead atoms. The quantitative estimate of drug-likeness (QED) is 0.923. The summed E-state index contributed by atoms with van der Waals surface area (Å²) in [5.74, 6) is 0.619. The molecule has 2 aromatic rings. The third kappa shape index (κ3) is 2.44. The highest BCUT2D eigenvalue weighted by Gasteiger charge is 2.28. The Kier molecular flexibility index (Phi) is 3.52. The van der Waals surface area contributed by atoms with Crippen LogP contribution in [0.5, 0.6) is 5.75 Å². The van der Waals surface area contributed by atoms with Crippen LogP contribution in [0.1, 0.15) is 17.9 Å². The first-order valence-corrected chi connectivity index (χ1v) is 6.62. The van der Waals surface area contributed by atoms with Gasteiger partial charge >= 0.3 is 0 Å². The summed E-state index contributed by atoms with van der Waals surface area (Å²) in [6, 6.07) is 7.54. The number of amides is 1. The maximum absolute atomic E-state index is 12.4. The van der Waals surface area contributed by atoms with Crippen molar-refractivity contribution in [3.63, 3.8) is 0 Å². The maximum atomic E-state index is 12.4. The summed E-state index contributed by atoms with van der Waals surface area (Å²) in [6.07, 6.45) is 3.59. The van der Waals surface area contributed by atoms with Crippen LogP contribution in [0.2, 0.25) is 5.15 Å². The molecule has 1 aromatic heterocycles. The molecule has 1 aliphatic rings. The van der Waals surface area contributed by atoms with E-state index in [4.69, 9.17) is 16.3 Å². The lowest BCUT2D eigenvalue weighted by molar-refractivity contribution is -0.118. The number of carbonyl (C=O) groups excluding carboxylic acids is 1. The van der Waals surface area contributed by atoms with E-state index in [0.29, 0.717) is 13.0 Å². The van der Waals surface area contributed by atoms with Gasteiger partial charge in [0, 0.05) is 18.0 Å². The molecule has 2 heterocycles. The fraction of sp³-hybridized carbons (Fsp3) is 0.214. The van der Waals surface area contributed by atoms with E-state index in [1.165, 1.54) is 12.4 Å². The number of anilines is 1. The van der Waals surface area contributed by atoms with Crippen LogP contribution in [0.3, 0.4) is 0 Å². The number of aromatic nitrogens is 2. The van der Waals surface area contributed by atoms with Gasteiger partial charge in [0.05, 0.1) is 12.5 Å². The summed E-state index contributed by atoms with van der Waals surface area (Å²) >= 11 is 5.89. The Morgan fingerprint density at radius 2 is 2.10 bits per heavy atom. The minimum absolute atomic E-state index is 0.150. The maximum Gasteiger partial charge on any atom is 0.233 e. The zero-order valence-corrected chi connectivity index (χ0v) is 11.3. The molecule has 1 unspecified atom stereocenters. The van der Waals surface area contributed by atoms with Gasteiger partial charge in [0.15, 0.2) is 11.0 Å². The lowest BCUT2D eigenvalue weighted by Gasteiger charge is -2.24. The Hall–Kier alpha value is -2.14. The first-order valence-electron chi connectivity index (χ1n) is 6.25. The minimum Gasteiger partial charge on any atom is -0.493 e. The predicted molar refractivity (Wildman–Crippen MR) is 75.0 cm³/mol. The number of rotatable bonds is 2. The molecule has 3 rings (SSSR count). The Morgan fingerprint density at radius 1 is 1.30 bits per heavy atom. The van der Waals surface area contributed by atoms with Crippen molar-refractivity contribution in [2.75, 3.05) is 11.9 Å². The van der Waals surface area contributed by atoms with Crippen molar-refractivity contribution in [3.05, 3.63) is 47.4 Å². The van der Waals surface area contributed by atoms with Gasteiger partial charge in [-0.15, -0.1) is 0 Å². The van der Waals surface area contributed by atoms with Crippen LogP contribution in [-0.4, -0.2) is 22.5 Å². The molecule has 6 heteroatoms. The van der Waals surface area contributed by atoms with Gasteiger partial charge in [-0.2, -0.15) is 0 Å². The van der Waals surface area contributed by atoms with Gasteiger partial charge in [-0.3, -0.25) is 4.79 Å².